The molecule has 0 radical (unpaired) electrons. The highest BCUT2D eigenvalue weighted by Gasteiger charge is 2.33. The molecule has 0 atom stereocenters. The van der Waals surface area contributed by atoms with Gasteiger partial charge in [0.1, 0.15) is 5.82 Å². The van der Waals surface area contributed by atoms with Gasteiger partial charge in [-0.15, -0.1) is 0 Å². The van der Waals surface area contributed by atoms with Crippen molar-refractivity contribution in [3.05, 3.63) is 64.2 Å². The number of hydrogen-bond donors (Lipinski definition) is 5. The molecule has 0 spiro atoms. The van der Waals surface area contributed by atoms with Crippen molar-refractivity contribution >= 4 is 40.6 Å². The first kappa shape index (κ1) is 29.3. The van der Waals surface area contributed by atoms with Crippen LogP contribution >= 0.6 is 0 Å². The van der Waals surface area contributed by atoms with Gasteiger partial charge < -0.3 is 30.7 Å². The minimum atomic E-state index is -1.26. The smallest absolute Gasteiger partial charge is 0.328 e. The summed E-state index contributed by atoms with van der Waals surface area (Å²) in [6, 6.07) is 4.34. The Morgan fingerprint density at radius 3 is 2.38 bits per heavy atom. The van der Waals surface area contributed by atoms with Gasteiger partial charge in [-0.3, -0.25) is 9.59 Å². The maximum Gasteiger partial charge on any atom is 0.328 e. The van der Waals surface area contributed by atoms with Gasteiger partial charge in [0.2, 0.25) is 0 Å². The molecule has 4 rings (SSSR count). The number of anilines is 1. The second kappa shape index (κ2) is 13.0. The molecule has 0 saturated heterocycles. The normalized spacial score (nSPS) is 15.9. The zero-order valence-electron chi connectivity index (χ0n) is 22.2. The summed E-state index contributed by atoms with van der Waals surface area (Å²) in [5.74, 6) is -3.20. The lowest BCUT2D eigenvalue weighted by Gasteiger charge is -2.19. The Hall–Kier alpha value is -4.25. The fraction of sp³-hybridized carbons (Fsp3) is 0.357. The molecule has 39 heavy (non-hydrogen) atoms. The van der Waals surface area contributed by atoms with Crippen LogP contribution in [-0.4, -0.2) is 70.0 Å². The number of hydrogen-bond acceptors (Lipinski definition) is 5. The number of benzene rings is 1. The maximum atomic E-state index is 13.9. The summed E-state index contributed by atoms with van der Waals surface area (Å²) in [5, 5.41) is 21.5. The number of amides is 2. The molecule has 11 heteroatoms. The van der Waals surface area contributed by atoms with Gasteiger partial charge in [-0.2, -0.15) is 0 Å². The molecule has 2 aliphatic rings. The first-order chi connectivity index (χ1) is 18.6. The molecule has 2 aromatic rings. The fourth-order valence-corrected chi connectivity index (χ4v) is 4.85. The summed E-state index contributed by atoms with van der Waals surface area (Å²) in [6.45, 7) is 9.40. The Morgan fingerprint density at radius 1 is 1.10 bits per heavy atom. The second-order valence-electron chi connectivity index (χ2n) is 9.12. The monoisotopic (exact) mass is 540 g/mol. The van der Waals surface area contributed by atoms with Crippen LogP contribution in [0.2, 0.25) is 0 Å². The van der Waals surface area contributed by atoms with Crippen LogP contribution in [-0.2, 0) is 20.8 Å². The molecule has 0 bridgehead atoms. The number of aromatic nitrogens is 1. The number of aromatic amines is 1. The molecular formula is C28H33FN4O6. The Bertz CT molecular complexity index is 1320. The van der Waals surface area contributed by atoms with Crippen molar-refractivity contribution in [2.75, 3.05) is 31.5 Å². The van der Waals surface area contributed by atoms with Crippen molar-refractivity contribution in [1.82, 2.24) is 15.2 Å². The number of carboxylic acids is 2. The van der Waals surface area contributed by atoms with E-state index < -0.39 is 11.9 Å². The van der Waals surface area contributed by atoms with Crippen molar-refractivity contribution < 1.29 is 33.8 Å². The number of nitrogens with one attached hydrogen (secondary N) is 3. The molecule has 2 heterocycles. The molecule has 1 aliphatic carbocycles. The minimum absolute atomic E-state index is 0.0873. The molecule has 2 amide bonds. The number of H-pyrrole nitrogens is 1. The van der Waals surface area contributed by atoms with Gasteiger partial charge in [0.25, 0.3) is 11.8 Å². The number of aryl methyl sites for hydroxylation is 1. The zero-order valence-corrected chi connectivity index (χ0v) is 22.2. The number of likely N-dealkylation sites (N-methyl/N-ethyl adjacent to an activating group) is 1. The second-order valence-corrected chi connectivity index (χ2v) is 9.12. The van der Waals surface area contributed by atoms with E-state index in [-0.39, 0.29) is 17.6 Å². The van der Waals surface area contributed by atoms with Gasteiger partial charge in [-0.25, -0.2) is 14.0 Å². The van der Waals surface area contributed by atoms with Gasteiger partial charge in [-0.05, 0) is 68.6 Å². The molecule has 0 saturated carbocycles. The van der Waals surface area contributed by atoms with E-state index >= 15 is 0 Å². The lowest BCUT2D eigenvalue weighted by Crippen LogP contribution is -2.35. The highest BCUT2D eigenvalue weighted by Crippen LogP contribution is 2.43. The molecule has 1 aromatic carbocycles. The summed E-state index contributed by atoms with van der Waals surface area (Å²) in [4.78, 5) is 50.5. The van der Waals surface area contributed by atoms with E-state index in [4.69, 9.17) is 10.2 Å². The van der Waals surface area contributed by atoms with E-state index in [0.717, 1.165) is 55.0 Å². The Morgan fingerprint density at radius 2 is 1.77 bits per heavy atom. The number of nitrogens with zero attached hydrogens (tertiary/aromatic N) is 1. The average Bonchev–Trinajstić information content (AvgIpc) is 3.40. The van der Waals surface area contributed by atoms with Gasteiger partial charge in [-0.1, -0.05) is 13.8 Å². The minimum Gasteiger partial charge on any atom is -0.478 e. The first-order valence-electron chi connectivity index (χ1n) is 12.8. The largest absolute Gasteiger partial charge is 0.478 e. The third kappa shape index (κ3) is 6.99. The third-order valence-electron chi connectivity index (χ3n) is 6.68. The standard InChI is InChI=1S/C24H29FN4O2.C4H4O4/c1-4-29(5-2)12-11-26-23(30)20-14(3)27-22-16(20)7-6-8-17(22)21-18-13-15(25)9-10-19(18)28-24(21)31;5-3(6)1-2-4(7)8/h9-10,13,27H,4-8,11-12H2,1-3H3,(H,26,30)(H,28,31);1-2H,(H,5,6)(H,7,8)/b21-17-;2-1-. The van der Waals surface area contributed by atoms with Crippen molar-refractivity contribution in [3.8, 4) is 0 Å². The van der Waals surface area contributed by atoms with Crippen LogP contribution in [0.15, 0.2) is 30.4 Å². The van der Waals surface area contributed by atoms with Crippen LogP contribution in [0, 0.1) is 12.7 Å². The lowest BCUT2D eigenvalue weighted by molar-refractivity contribution is -0.134. The molecule has 5 N–H and O–H groups in total. The number of rotatable bonds is 8. The fourth-order valence-electron chi connectivity index (χ4n) is 4.85. The number of halogens is 1. The van der Waals surface area contributed by atoms with E-state index in [2.05, 4.69) is 34.4 Å². The van der Waals surface area contributed by atoms with Gasteiger partial charge in [0.15, 0.2) is 0 Å². The summed E-state index contributed by atoms with van der Waals surface area (Å²) >= 11 is 0. The van der Waals surface area contributed by atoms with Crippen LogP contribution in [0.4, 0.5) is 10.1 Å². The number of fused-ring (bicyclic) bond motifs is 2. The Labute approximate surface area is 225 Å². The van der Waals surface area contributed by atoms with E-state index in [1.165, 1.54) is 12.1 Å². The van der Waals surface area contributed by atoms with E-state index in [1.807, 2.05) is 6.92 Å². The highest BCUT2D eigenvalue weighted by molar-refractivity contribution is 6.37. The molecule has 0 fully saturated rings. The zero-order chi connectivity index (χ0) is 28.7. The SMILES string of the molecule is CCN(CC)CCNC(=O)c1c(C)[nH]c2c1CCC/C2=C1/C(=O)Nc2ccc(F)cc21.O=C(O)/C=C\C(=O)O. The quantitative estimate of drug-likeness (QED) is 0.322. The lowest BCUT2D eigenvalue weighted by atomic mass is 9.86. The number of allylic oxidation sites excluding steroid dienone is 1. The molecule has 1 aromatic heterocycles. The van der Waals surface area contributed by atoms with E-state index in [9.17, 15) is 23.6 Å². The van der Waals surface area contributed by atoms with Crippen LogP contribution < -0.4 is 10.6 Å². The summed E-state index contributed by atoms with van der Waals surface area (Å²) in [7, 11) is 0. The van der Waals surface area contributed by atoms with E-state index in [0.29, 0.717) is 47.5 Å². The van der Waals surface area contributed by atoms with Crippen molar-refractivity contribution in [2.24, 2.45) is 0 Å². The van der Waals surface area contributed by atoms with Gasteiger partial charge in [0, 0.05) is 47.9 Å². The third-order valence-corrected chi connectivity index (χ3v) is 6.68. The predicted octanol–water partition coefficient (Wildman–Crippen LogP) is 3.44. The Kier molecular flexibility index (Phi) is 9.78. The van der Waals surface area contributed by atoms with Gasteiger partial charge in [0.05, 0.1) is 11.1 Å². The number of carbonyl (C=O) groups is 4. The summed E-state index contributed by atoms with van der Waals surface area (Å²) in [5.41, 5.74) is 5.82. The average molecular weight is 541 g/mol. The van der Waals surface area contributed by atoms with Crippen molar-refractivity contribution in [2.45, 2.75) is 40.0 Å². The molecule has 0 unspecified atom stereocenters. The molecule has 1 aliphatic heterocycles. The van der Waals surface area contributed by atoms with Gasteiger partial charge >= 0.3 is 11.9 Å². The van der Waals surface area contributed by atoms with Crippen LogP contribution in [0.1, 0.15) is 59.6 Å². The molecule has 208 valence electrons. The summed E-state index contributed by atoms with van der Waals surface area (Å²) < 4.78 is 13.9. The number of carbonyl (C=O) groups excluding carboxylic acids is 2. The number of carboxylic acid groups (broad SMARTS) is 2. The summed E-state index contributed by atoms with van der Waals surface area (Å²) in [6.07, 6.45) is 3.42. The number of aliphatic carboxylic acids is 2. The topological polar surface area (TPSA) is 152 Å². The van der Waals surface area contributed by atoms with E-state index in [1.54, 1.807) is 6.07 Å². The Balaban J connectivity index is 0.000000459. The van der Waals surface area contributed by atoms with Crippen LogP contribution in [0.5, 0.6) is 0 Å². The van der Waals surface area contributed by atoms with Crippen molar-refractivity contribution in [3.63, 3.8) is 0 Å². The maximum absolute atomic E-state index is 13.9. The predicted molar refractivity (Wildman–Crippen MR) is 145 cm³/mol. The molecule has 10 nitrogen and oxygen atoms in total. The molecular weight excluding hydrogens is 507 g/mol. The van der Waals surface area contributed by atoms with Crippen molar-refractivity contribution in [1.29, 1.82) is 0 Å². The highest BCUT2D eigenvalue weighted by atomic mass is 19.1. The first-order valence-corrected chi connectivity index (χ1v) is 12.8. The van der Waals surface area contributed by atoms with Crippen LogP contribution in [0.25, 0.3) is 11.1 Å². The van der Waals surface area contributed by atoms with Crippen LogP contribution in [0.3, 0.4) is 0 Å².